The molecule has 2 fully saturated rings. The number of nitrogens with two attached hydrogens (primary N) is 2. The van der Waals surface area contributed by atoms with Gasteiger partial charge in [-0.2, -0.15) is 0 Å². The number of nitrogens with zero attached hydrogens (tertiary/aromatic N) is 2. The van der Waals surface area contributed by atoms with Gasteiger partial charge in [0.05, 0.1) is 0 Å². The van der Waals surface area contributed by atoms with Crippen molar-refractivity contribution in [2.24, 2.45) is 28.0 Å². The number of carbonyl (C=O) groups is 2. The van der Waals surface area contributed by atoms with Crippen LogP contribution in [0.4, 0.5) is 0 Å². The molecule has 2 aliphatic rings. The van der Waals surface area contributed by atoms with Gasteiger partial charge in [0, 0.05) is 32.2 Å². The zero-order valence-corrected chi connectivity index (χ0v) is 12.0. The first-order chi connectivity index (χ1) is 10.0. The molecule has 2 heterocycles. The molecule has 0 saturated carbocycles. The smallest absolute Gasteiger partial charge is 0.236 e. The van der Waals surface area contributed by atoms with Gasteiger partial charge in [-0.15, -0.1) is 0 Å². The minimum absolute atomic E-state index is 0.0622. The number of oxime groups is 1. The topological polar surface area (TPSA) is 131 Å². The maximum Gasteiger partial charge on any atom is 0.236 e. The number of ether oxygens (including phenoxy) is 1. The summed E-state index contributed by atoms with van der Waals surface area (Å²) in [4.78, 5) is 25.7. The van der Waals surface area contributed by atoms with Crippen LogP contribution in [0.3, 0.4) is 0 Å². The zero-order valence-electron chi connectivity index (χ0n) is 12.0. The summed E-state index contributed by atoms with van der Waals surface area (Å²) in [6.45, 7) is 1.74. The SMILES string of the molecule is NC(=O)C1CCN(C(=O)C2(C(N)=NO)CCOCC2)CC1. The number of rotatable bonds is 3. The van der Waals surface area contributed by atoms with E-state index in [0.29, 0.717) is 52.0 Å². The number of hydrogen-bond acceptors (Lipinski definition) is 5. The Morgan fingerprint density at radius 2 is 1.76 bits per heavy atom. The Labute approximate surface area is 123 Å². The number of amides is 2. The fourth-order valence-corrected chi connectivity index (χ4v) is 3.06. The predicted molar refractivity (Wildman–Crippen MR) is 74.4 cm³/mol. The normalized spacial score (nSPS) is 23.8. The maximum absolute atomic E-state index is 12.8. The summed E-state index contributed by atoms with van der Waals surface area (Å²) in [5, 5.41) is 12.1. The van der Waals surface area contributed by atoms with Crippen molar-refractivity contribution in [2.75, 3.05) is 26.3 Å². The first-order valence-electron chi connectivity index (χ1n) is 7.15. The average Bonchev–Trinajstić information content (AvgIpc) is 2.54. The van der Waals surface area contributed by atoms with Gasteiger partial charge in [-0.05, 0) is 25.7 Å². The van der Waals surface area contributed by atoms with Gasteiger partial charge in [-0.3, -0.25) is 9.59 Å². The van der Waals surface area contributed by atoms with Crippen LogP contribution in [0.1, 0.15) is 25.7 Å². The van der Waals surface area contributed by atoms with E-state index < -0.39 is 5.41 Å². The van der Waals surface area contributed by atoms with Gasteiger partial charge in [-0.1, -0.05) is 5.16 Å². The van der Waals surface area contributed by atoms with Crippen molar-refractivity contribution in [1.82, 2.24) is 4.90 Å². The number of amidine groups is 1. The van der Waals surface area contributed by atoms with E-state index in [9.17, 15) is 9.59 Å². The molecule has 5 N–H and O–H groups in total. The molecular weight excluding hydrogens is 276 g/mol. The van der Waals surface area contributed by atoms with Crippen LogP contribution in [0, 0.1) is 11.3 Å². The highest BCUT2D eigenvalue weighted by molar-refractivity contribution is 6.06. The molecule has 2 rings (SSSR count). The molecule has 2 amide bonds. The Morgan fingerprint density at radius 1 is 1.19 bits per heavy atom. The Hall–Kier alpha value is -1.83. The molecule has 0 aromatic heterocycles. The summed E-state index contributed by atoms with van der Waals surface area (Å²) in [5.74, 6) is -0.709. The largest absolute Gasteiger partial charge is 0.409 e. The van der Waals surface area contributed by atoms with Crippen LogP contribution >= 0.6 is 0 Å². The van der Waals surface area contributed by atoms with E-state index in [0.717, 1.165) is 0 Å². The lowest BCUT2D eigenvalue weighted by Gasteiger charge is -2.40. The van der Waals surface area contributed by atoms with Crippen molar-refractivity contribution in [3.63, 3.8) is 0 Å². The Morgan fingerprint density at radius 3 is 2.24 bits per heavy atom. The summed E-state index contributed by atoms with van der Waals surface area (Å²) in [6.07, 6.45) is 1.92. The number of hydrogen-bond donors (Lipinski definition) is 3. The monoisotopic (exact) mass is 298 g/mol. The molecule has 0 bridgehead atoms. The van der Waals surface area contributed by atoms with E-state index in [-0.39, 0.29) is 23.6 Å². The molecule has 0 spiro atoms. The first-order valence-corrected chi connectivity index (χ1v) is 7.15. The summed E-state index contributed by atoms with van der Waals surface area (Å²) >= 11 is 0. The lowest BCUT2D eigenvalue weighted by molar-refractivity contribution is -0.145. The molecule has 0 aliphatic carbocycles. The van der Waals surface area contributed by atoms with Crippen molar-refractivity contribution < 1.29 is 19.5 Å². The van der Waals surface area contributed by atoms with Crippen LogP contribution in [0.15, 0.2) is 5.16 Å². The van der Waals surface area contributed by atoms with Crippen LogP contribution in [0.25, 0.3) is 0 Å². The van der Waals surface area contributed by atoms with Crippen LogP contribution < -0.4 is 11.5 Å². The fourth-order valence-electron chi connectivity index (χ4n) is 3.06. The van der Waals surface area contributed by atoms with Crippen molar-refractivity contribution in [2.45, 2.75) is 25.7 Å². The quantitative estimate of drug-likeness (QED) is 0.273. The second-order valence-electron chi connectivity index (χ2n) is 5.65. The molecule has 0 aromatic carbocycles. The highest BCUT2D eigenvalue weighted by atomic mass is 16.5. The van der Waals surface area contributed by atoms with E-state index in [1.165, 1.54) is 0 Å². The summed E-state index contributed by atoms with van der Waals surface area (Å²) in [5.41, 5.74) is 10.1. The van der Waals surface area contributed by atoms with Crippen LogP contribution in [-0.2, 0) is 14.3 Å². The molecule has 8 nitrogen and oxygen atoms in total. The Balaban J connectivity index is 2.11. The molecular formula is C13H22N4O4. The van der Waals surface area contributed by atoms with Crippen LogP contribution in [0.2, 0.25) is 0 Å². The minimum atomic E-state index is -0.993. The maximum atomic E-state index is 12.8. The molecule has 118 valence electrons. The lowest BCUT2D eigenvalue weighted by atomic mass is 9.77. The first kappa shape index (κ1) is 15.6. The number of likely N-dealkylation sites (tertiary alicyclic amines) is 1. The predicted octanol–water partition coefficient (Wildman–Crippen LogP) is -0.746. The molecule has 0 atom stereocenters. The van der Waals surface area contributed by atoms with E-state index >= 15 is 0 Å². The highest BCUT2D eigenvalue weighted by Gasteiger charge is 2.47. The summed E-state index contributed by atoms with van der Waals surface area (Å²) < 4.78 is 5.28. The van der Waals surface area contributed by atoms with Crippen LogP contribution in [0.5, 0.6) is 0 Å². The molecule has 21 heavy (non-hydrogen) atoms. The number of carbonyl (C=O) groups excluding carboxylic acids is 2. The minimum Gasteiger partial charge on any atom is -0.409 e. The van der Waals surface area contributed by atoms with Gasteiger partial charge in [0.15, 0.2) is 5.84 Å². The van der Waals surface area contributed by atoms with Gasteiger partial charge in [0.1, 0.15) is 5.41 Å². The van der Waals surface area contributed by atoms with Gasteiger partial charge in [0.2, 0.25) is 11.8 Å². The summed E-state index contributed by atoms with van der Waals surface area (Å²) in [7, 11) is 0. The van der Waals surface area contributed by atoms with Crippen molar-refractivity contribution >= 4 is 17.6 Å². The second kappa shape index (κ2) is 6.30. The van der Waals surface area contributed by atoms with E-state index in [4.69, 9.17) is 21.4 Å². The highest BCUT2D eigenvalue weighted by Crippen LogP contribution is 2.34. The van der Waals surface area contributed by atoms with Gasteiger partial charge in [0.25, 0.3) is 0 Å². The van der Waals surface area contributed by atoms with E-state index in [1.807, 2.05) is 0 Å². The third-order valence-electron chi connectivity index (χ3n) is 4.54. The molecule has 2 saturated heterocycles. The Bertz CT molecular complexity index is 437. The van der Waals surface area contributed by atoms with Crippen molar-refractivity contribution in [1.29, 1.82) is 0 Å². The van der Waals surface area contributed by atoms with Gasteiger partial charge < -0.3 is 26.3 Å². The van der Waals surface area contributed by atoms with Crippen molar-refractivity contribution in [3.05, 3.63) is 0 Å². The van der Waals surface area contributed by atoms with E-state index in [1.54, 1.807) is 4.90 Å². The van der Waals surface area contributed by atoms with Gasteiger partial charge >= 0.3 is 0 Å². The van der Waals surface area contributed by atoms with Crippen molar-refractivity contribution in [3.8, 4) is 0 Å². The Kier molecular flexibility index (Phi) is 4.66. The average molecular weight is 298 g/mol. The number of piperidine rings is 1. The number of primary amides is 1. The standard InChI is InChI=1S/C13H22N4O4/c14-10(18)9-1-5-17(6-2-9)12(19)13(11(15)16-20)3-7-21-8-4-13/h9,20H,1-8H2,(H2,14,18)(H2,15,16). The molecule has 0 radical (unpaired) electrons. The van der Waals surface area contributed by atoms with Gasteiger partial charge in [-0.25, -0.2) is 0 Å². The van der Waals surface area contributed by atoms with E-state index in [2.05, 4.69) is 5.16 Å². The molecule has 2 aliphatic heterocycles. The lowest BCUT2D eigenvalue weighted by Crippen LogP contribution is -2.55. The molecule has 8 heteroatoms. The third-order valence-corrected chi connectivity index (χ3v) is 4.54. The third kappa shape index (κ3) is 2.94. The second-order valence-corrected chi connectivity index (χ2v) is 5.65. The summed E-state index contributed by atoms with van der Waals surface area (Å²) in [6, 6.07) is 0. The zero-order chi connectivity index (χ0) is 15.5. The molecule has 0 unspecified atom stereocenters. The van der Waals surface area contributed by atoms with Crippen LogP contribution in [-0.4, -0.2) is 54.1 Å². The molecule has 0 aromatic rings. The fraction of sp³-hybridized carbons (Fsp3) is 0.769.